The van der Waals surface area contributed by atoms with Gasteiger partial charge in [-0.2, -0.15) is 0 Å². The van der Waals surface area contributed by atoms with Gasteiger partial charge < -0.3 is 10.3 Å². The smallest absolute Gasteiger partial charge is 0.180 e. The lowest BCUT2D eigenvalue weighted by molar-refractivity contribution is 0.787. The maximum absolute atomic E-state index is 5.64. The van der Waals surface area contributed by atoms with E-state index in [1.807, 2.05) is 11.7 Å². The number of benzene rings is 1. The number of nitrogens with zero attached hydrogens (tertiary/aromatic N) is 3. The number of aromatic nitrogens is 3. The average molecular weight is 244 g/mol. The minimum Gasteiger partial charge on any atom is -0.375 e. The topological polar surface area (TPSA) is 56.7 Å². The van der Waals surface area contributed by atoms with Crippen LogP contribution in [0.5, 0.6) is 0 Å². The molecular weight excluding hydrogens is 232 g/mol. The van der Waals surface area contributed by atoms with Crippen LogP contribution >= 0.6 is 11.3 Å². The van der Waals surface area contributed by atoms with Crippen molar-refractivity contribution in [2.45, 2.75) is 13.5 Å². The van der Waals surface area contributed by atoms with E-state index in [2.05, 4.69) is 39.7 Å². The molecule has 0 spiro atoms. The Hall–Kier alpha value is -1.88. The SMILES string of the molecule is CCn1cnc2cc(-c3csc(N)n3)ccc21. The fraction of sp³-hybridized carbons (Fsp3) is 0.167. The van der Waals surface area contributed by atoms with E-state index in [1.54, 1.807) is 0 Å². The Bertz CT molecular complexity index is 668. The molecule has 3 aromatic rings. The summed E-state index contributed by atoms with van der Waals surface area (Å²) >= 11 is 1.46. The Morgan fingerprint density at radius 3 is 3.00 bits per heavy atom. The third-order valence-electron chi connectivity index (χ3n) is 2.78. The zero-order chi connectivity index (χ0) is 11.8. The Morgan fingerprint density at radius 2 is 2.29 bits per heavy atom. The van der Waals surface area contributed by atoms with E-state index >= 15 is 0 Å². The summed E-state index contributed by atoms with van der Waals surface area (Å²) in [4.78, 5) is 8.67. The van der Waals surface area contributed by atoms with E-state index in [-0.39, 0.29) is 0 Å². The zero-order valence-corrected chi connectivity index (χ0v) is 10.2. The van der Waals surface area contributed by atoms with E-state index in [9.17, 15) is 0 Å². The zero-order valence-electron chi connectivity index (χ0n) is 9.42. The molecule has 0 saturated carbocycles. The Balaban J connectivity index is 2.14. The van der Waals surface area contributed by atoms with Crippen molar-refractivity contribution in [3.63, 3.8) is 0 Å². The molecule has 0 amide bonds. The number of hydrogen-bond donors (Lipinski definition) is 1. The summed E-state index contributed by atoms with van der Waals surface area (Å²) in [5.74, 6) is 0. The maximum Gasteiger partial charge on any atom is 0.180 e. The number of thiazole rings is 1. The van der Waals surface area contributed by atoms with Crippen molar-refractivity contribution >= 4 is 27.5 Å². The lowest BCUT2D eigenvalue weighted by Gasteiger charge is -2.00. The van der Waals surface area contributed by atoms with Crippen molar-refractivity contribution in [2.24, 2.45) is 0 Å². The predicted octanol–water partition coefficient (Wildman–Crippen LogP) is 2.76. The maximum atomic E-state index is 5.64. The summed E-state index contributed by atoms with van der Waals surface area (Å²) in [6.07, 6.45) is 1.86. The summed E-state index contributed by atoms with van der Waals surface area (Å²) in [7, 11) is 0. The van der Waals surface area contributed by atoms with Crippen molar-refractivity contribution in [1.29, 1.82) is 0 Å². The molecule has 0 aliphatic heterocycles. The Labute approximate surface area is 103 Å². The van der Waals surface area contributed by atoms with Gasteiger partial charge in [0, 0.05) is 17.5 Å². The van der Waals surface area contributed by atoms with Gasteiger partial charge in [-0.1, -0.05) is 6.07 Å². The molecule has 3 rings (SSSR count). The molecule has 1 aromatic carbocycles. The van der Waals surface area contributed by atoms with Crippen LogP contribution in [0.4, 0.5) is 5.13 Å². The standard InChI is InChI=1S/C12H12N4S/c1-2-16-7-14-9-5-8(3-4-11(9)16)10-6-17-12(13)15-10/h3-7H,2H2,1H3,(H2,13,15). The highest BCUT2D eigenvalue weighted by atomic mass is 32.1. The largest absolute Gasteiger partial charge is 0.375 e. The molecule has 0 aliphatic carbocycles. The number of hydrogen-bond acceptors (Lipinski definition) is 4. The first-order valence-corrected chi connectivity index (χ1v) is 6.32. The van der Waals surface area contributed by atoms with Gasteiger partial charge in [0.15, 0.2) is 5.13 Å². The van der Waals surface area contributed by atoms with Crippen molar-refractivity contribution < 1.29 is 0 Å². The van der Waals surface area contributed by atoms with Crippen LogP contribution in [0.25, 0.3) is 22.3 Å². The van der Waals surface area contributed by atoms with Crippen molar-refractivity contribution in [1.82, 2.24) is 14.5 Å². The van der Waals surface area contributed by atoms with Crippen LogP contribution in [0.3, 0.4) is 0 Å². The molecule has 0 saturated heterocycles. The quantitative estimate of drug-likeness (QED) is 0.754. The van der Waals surface area contributed by atoms with Gasteiger partial charge in [-0.05, 0) is 19.1 Å². The monoisotopic (exact) mass is 244 g/mol. The lowest BCUT2D eigenvalue weighted by atomic mass is 10.1. The second kappa shape index (κ2) is 3.85. The van der Waals surface area contributed by atoms with Crippen LogP contribution in [0, 0.1) is 0 Å². The van der Waals surface area contributed by atoms with Crippen LogP contribution in [-0.2, 0) is 6.54 Å². The number of anilines is 1. The number of imidazole rings is 1. The second-order valence-electron chi connectivity index (χ2n) is 3.81. The highest BCUT2D eigenvalue weighted by molar-refractivity contribution is 7.13. The molecule has 0 radical (unpaired) electrons. The number of aryl methyl sites for hydroxylation is 1. The molecule has 0 bridgehead atoms. The summed E-state index contributed by atoms with van der Waals surface area (Å²) in [5, 5.41) is 2.56. The van der Waals surface area contributed by atoms with Gasteiger partial charge in [0.2, 0.25) is 0 Å². The van der Waals surface area contributed by atoms with Gasteiger partial charge >= 0.3 is 0 Å². The van der Waals surface area contributed by atoms with Crippen LogP contribution in [-0.4, -0.2) is 14.5 Å². The molecular formula is C12H12N4S. The van der Waals surface area contributed by atoms with E-state index in [0.717, 1.165) is 28.8 Å². The van der Waals surface area contributed by atoms with Crippen LogP contribution in [0.1, 0.15) is 6.92 Å². The molecule has 0 fully saturated rings. The minimum atomic E-state index is 0.596. The van der Waals surface area contributed by atoms with E-state index < -0.39 is 0 Å². The summed E-state index contributed by atoms with van der Waals surface area (Å²) in [5.41, 5.74) is 9.77. The summed E-state index contributed by atoms with van der Waals surface area (Å²) in [6.45, 7) is 3.04. The fourth-order valence-corrected chi connectivity index (χ4v) is 2.47. The molecule has 0 atom stereocenters. The first kappa shape index (κ1) is 10.3. The molecule has 2 heterocycles. The van der Waals surface area contributed by atoms with E-state index in [1.165, 1.54) is 11.3 Å². The summed E-state index contributed by atoms with van der Waals surface area (Å²) < 4.78 is 2.12. The van der Waals surface area contributed by atoms with Gasteiger partial charge in [-0.15, -0.1) is 11.3 Å². The van der Waals surface area contributed by atoms with Crippen molar-refractivity contribution in [2.75, 3.05) is 5.73 Å². The normalized spacial score (nSPS) is 11.1. The molecule has 2 aromatic heterocycles. The number of rotatable bonds is 2. The first-order valence-electron chi connectivity index (χ1n) is 5.44. The number of nitrogen functional groups attached to an aromatic ring is 1. The van der Waals surface area contributed by atoms with Gasteiger partial charge in [0.1, 0.15) is 0 Å². The van der Waals surface area contributed by atoms with Crippen molar-refractivity contribution in [3.8, 4) is 11.3 Å². The molecule has 5 heteroatoms. The van der Waals surface area contributed by atoms with Gasteiger partial charge in [-0.25, -0.2) is 9.97 Å². The van der Waals surface area contributed by atoms with E-state index in [4.69, 9.17) is 5.73 Å². The second-order valence-corrected chi connectivity index (χ2v) is 4.69. The van der Waals surface area contributed by atoms with Crippen LogP contribution in [0.2, 0.25) is 0 Å². The Kier molecular flexibility index (Phi) is 2.33. The first-order chi connectivity index (χ1) is 8.28. The molecule has 4 nitrogen and oxygen atoms in total. The molecule has 2 N–H and O–H groups in total. The predicted molar refractivity (Wildman–Crippen MR) is 70.9 cm³/mol. The fourth-order valence-electron chi connectivity index (χ4n) is 1.90. The number of fused-ring (bicyclic) bond motifs is 1. The molecule has 0 unspecified atom stereocenters. The van der Waals surface area contributed by atoms with Crippen molar-refractivity contribution in [3.05, 3.63) is 29.9 Å². The molecule has 86 valence electrons. The van der Waals surface area contributed by atoms with E-state index in [0.29, 0.717) is 5.13 Å². The highest BCUT2D eigenvalue weighted by Gasteiger charge is 2.06. The van der Waals surface area contributed by atoms with Gasteiger partial charge in [0.25, 0.3) is 0 Å². The molecule has 0 aliphatic rings. The average Bonchev–Trinajstić information content (AvgIpc) is 2.94. The van der Waals surface area contributed by atoms with Crippen LogP contribution < -0.4 is 5.73 Å². The summed E-state index contributed by atoms with van der Waals surface area (Å²) in [6, 6.07) is 6.19. The van der Waals surface area contributed by atoms with Gasteiger partial charge in [0.05, 0.1) is 23.1 Å². The number of nitrogens with two attached hydrogens (primary N) is 1. The lowest BCUT2D eigenvalue weighted by Crippen LogP contribution is -1.90. The van der Waals surface area contributed by atoms with Crippen LogP contribution in [0.15, 0.2) is 29.9 Å². The Morgan fingerprint density at radius 1 is 1.41 bits per heavy atom. The highest BCUT2D eigenvalue weighted by Crippen LogP contribution is 2.26. The molecule has 17 heavy (non-hydrogen) atoms. The van der Waals surface area contributed by atoms with Gasteiger partial charge in [-0.3, -0.25) is 0 Å². The third-order valence-corrected chi connectivity index (χ3v) is 3.45. The third kappa shape index (κ3) is 1.68. The minimum absolute atomic E-state index is 0.596.